The molecule has 0 radical (unpaired) electrons. The van der Waals surface area contributed by atoms with E-state index in [1.165, 1.54) is 23.5 Å². The summed E-state index contributed by atoms with van der Waals surface area (Å²) < 4.78 is 18.6. The first-order valence-corrected chi connectivity index (χ1v) is 6.35. The van der Waals surface area contributed by atoms with Crippen molar-refractivity contribution in [2.75, 3.05) is 20.3 Å². The van der Waals surface area contributed by atoms with Gasteiger partial charge in [-0.25, -0.2) is 9.37 Å². The maximum Gasteiger partial charge on any atom is 0.280 e. The fraction of sp³-hybridized carbons (Fsp3) is 0.333. The summed E-state index contributed by atoms with van der Waals surface area (Å²) in [5, 5.41) is 3.10. The average Bonchev–Trinajstić information content (AvgIpc) is 2.77. The van der Waals surface area contributed by atoms with Crippen LogP contribution in [0.5, 0.6) is 0 Å². The predicted octanol–water partition coefficient (Wildman–Crippen LogP) is 2.20. The van der Waals surface area contributed by atoms with Crippen molar-refractivity contribution in [1.82, 2.24) is 10.3 Å². The number of thiazole rings is 1. The number of nitrogens with one attached hydrogen (secondary N) is 1. The molecular formula is C12H13FN2O2S. The highest BCUT2D eigenvalue weighted by Crippen LogP contribution is 2.22. The van der Waals surface area contributed by atoms with Crippen LogP contribution in [-0.2, 0) is 4.74 Å². The lowest BCUT2D eigenvalue weighted by Gasteiger charge is -2.01. The zero-order chi connectivity index (χ0) is 13.0. The molecule has 0 aliphatic heterocycles. The van der Waals surface area contributed by atoms with Gasteiger partial charge in [0.1, 0.15) is 5.82 Å². The minimum absolute atomic E-state index is 0.229. The van der Waals surface area contributed by atoms with E-state index in [1.54, 1.807) is 13.2 Å². The molecule has 0 atom stereocenters. The molecule has 0 fully saturated rings. The molecule has 1 amide bonds. The van der Waals surface area contributed by atoms with Crippen molar-refractivity contribution in [3.05, 3.63) is 29.0 Å². The Hall–Kier alpha value is -1.53. The Morgan fingerprint density at radius 2 is 2.39 bits per heavy atom. The summed E-state index contributed by atoms with van der Waals surface area (Å²) in [6.07, 6.45) is 0.752. The lowest BCUT2D eigenvalue weighted by molar-refractivity contribution is 0.0948. The number of methoxy groups -OCH3 is 1. The van der Waals surface area contributed by atoms with Crippen LogP contribution in [0, 0.1) is 5.82 Å². The van der Waals surface area contributed by atoms with E-state index in [0.29, 0.717) is 28.4 Å². The summed E-state index contributed by atoms with van der Waals surface area (Å²) in [5.41, 5.74) is 0.642. The Morgan fingerprint density at radius 1 is 1.56 bits per heavy atom. The highest BCUT2D eigenvalue weighted by molar-refractivity contribution is 7.20. The third-order valence-electron chi connectivity index (χ3n) is 2.36. The molecule has 2 aromatic rings. The maximum absolute atomic E-state index is 13.0. The molecule has 96 valence electrons. The highest BCUT2D eigenvalue weighted by atomic mass is 32.1. The monoisotopic (exact) mass is 268 g/mol. The standard InChI is InChI=1S/C12H13FN2O2S/c1-17-6-2-5-14-11(16)12-15-9-4-3-8(13)7-10(9)18-12/h3-4,7H,2,5-6H2,1H3,(H,14,16). The second-order valence-electron chi connectivity index (χ2n) is 3.73. The summed E-state index contributed by atoms with van der Waals surface area (Å²) in [6, 6.07) is 4.29. The SMILES string of the molecule is COCCCNC(=O)c1nc2ccc(F)cc2s1. The molecule has 6 heteroatoms. The Bertz CT molecular complexity index is 556. The molecule has 2 rings (SSSR count). The third-order valence-corrected chi connectivity index (χ3v) is 3.37. The fourth-order valence-electron chi connectivity index (χ4n) is 1.49. The van der Waals surface area contributed by atoms with Gasteiger partial charge in [-0.15, -0.1) is 11.3 Å². The minimum Gasteiger partial charge on any atom is -0.385 e. The van der Waals surface area contributed by atoms with Crippen molar-refractivity contribution in [2.24, 2.45) is 0 Å². The predicted molar refractivity (Wildman–Crippen MR) is 68.4 cm³/mol. The number of carbonyl (C=O) groups excluding carboxylic acids is 1. The van der Waals surface area contributed by atoms with Gasteiger partial charge in [-0.3, -0.25) is 4.79 Å². The molecular weight excluding hydrogens is 255 g/mol. The molecule has 0 aliphatic carbocycles. The zero-order valence-electron chi connectivity index (χ0n) is 9.90. The molecule has 0 unspecified atom stereocenters. The Kier molecular flexibility index (Phi) is 4.22. The van der Waals surface area contributed by atoms with Crippen LogP contribution in [0.1, 0.15) is 16.2 Å². The topological polar surface area (TPSA) is 51.2 Å². The number of hydrogen-bond acceptors (Lipinski definition) is 4. The zero-order valence-corrected chi connectivity index (χ0v) is 10.7. The molecule has 1 heterocycles. The van der Waals surface area contributed by atoms with Gasteiger partial charge in [0, 0.05) is 20.3 Å². The summed E-state index contributed by atoms with van der Waals surface area (Å²) in [6.45, 7) is 1.14. The van der Waals surface area contributed by atoms with Crippen LogP contribution in [0.3, 0.4) is 0 Å². The quantitative estimate of drug-likeness (QED) is 0.846. The number of rotatable bonds is 5. The maximum atomic E-state index is 13.0. The van der Waals surface area contributed by atoms with E-state index in [4.69, 9.17) is 4.74 Å². The minimum atomic E-state index is -0.321. The Labute approximate surface area is 108 Å². The summed E-state index contributed by atoms with van der Waals surface area (Å²) in [7, 11) is 1.61. The number of ether oxygens (including phenoxy) is 1. The highest BCUT2D eigenvalue weighted by Gasteiger charge is 2.11. The van der Waals surface area contributed by atoms with Crippen LogP contribution in [-0.4, -0.2) is 31.2 Å². The Balaban J connectivity index is 2.04. The lowest BCUT2D eigenvalue weighted by atomic mass is 10.3. The number of carbonyl (C=O) groups is 1. The number of nitrogens with zero attached hydrogens (tertiary/aromatic N) is 1. The van der Waals surface area contributed by atoms with Crippen molar-refractivity contribution in [1.29, 1.82) is 0 Å². The van der Waals surface area contributed by atoms with E-state index in [-0.39, 0.29) is 11.7 Å². The van der Waals surface area contributed by atoms with Gasteiger partial charge in [-0.05, 0) is 24.6 Å². The number of aromatic nitrogens is 1. The number of amides is 1. The molecule has 0 saturated heterocycles. The normalized spacial score (nSPS) is 10.8. The first-order valence-electron chi connectivity index (χ1n) is 5.54. The van der Waals surface area contributed by atoms with E-state index < -0.39 is 0 Å². The van der Waals surface area contributed by atoms with Gasteiger partial charge in [0.05, 0.1) is 10.2 Å². The van der Waals surface area contributed by atoms with Crippen molar-refractivity contribution < 1.29 is 13.9 Å². The first kappa shape index (κ1) is 12.9. The number of halogens is 1. The third kappa shape index (κ3) is 3.02. The van der Waals surface area contributed by atoms with Crippen LogP contribution in [0.15, 0.2) is 18.2 Å². The van der Waals surface area contributed by atoms with E-state index >= 15 is 0 Å². The van der Waals surface area contributed by atoms with Crippen LogP contribution in [0.25, 0.3) is 10.2 Å². The summed E-state index contributed by atoms with van der Waals surface area (Å²) in [4.78, 5) is 15.9. The van der Waals surface area contributed by atoms with Crippen LogP contribution in [0.2, 0.25) is 0 Å². The van der Waals surface area contributed by atoms with Gasteiger partial charge in [0.15, 0.2) is 5.01 Å². The molecule has 1 aromatic carbocycles. The number of fused-ring (bicyclic) bond motifs is 1. The summed E-state index contributed by atoms with van der Waals surface area (Å²) in [5.74, 6) is -0.550. The smallest absolute Gasteiger partial charge is 0.280 e. The van der Waals surface area contributed by atoms with Gasteiger partial charge >= 0.3 is 0 Å². The second-order valence-corrected chi connectivity index (χ2v) is 4.76. The van der Waals surface area contributed by atoms with Crippen LogP contribution < -0.4 is 5.32 Å². The summed E-state index contributed by atoms with van der Waals surface area (Å²) >= 11 is 1.19. The molecule has 0 saturated carbocycles. The Morgan fingerprint density at radius 3 is 3.17 bits per heavy atom. The van der Waals surface area contributed by atoms with Crippen molar-refractivity contribution in [2.45, 2.75) is 6.42 Å². The molecule has 1 N–H and O–H groups in total. The molecule has 0 aliphatic rings. The molecule has 1 aromatic heterocycles. The van der Waals surface area contributed by atoms with Gasteiger partial charge in [-0.2, -0.15) is 0 Å². The van der Waals surface area contributed by atoms with Crippen molar-refractivity contribution in [3.8, 4) is 0 Å². The molecule has 18 heavy (non-hydrogen) atoms. The lowest BCUT2D eigenvalue weighted by Crippen LogP contribution is -2.24. The van der Waals surface area contributed by atoms with E-state index in [2.05, 4.69) is 10.3 Å². The second kappa shape index (κ2) is 5.88. The van der Waals surface area contributed by atoms with E-state index in [0.717, 1.165) is 6.42 Å². The number of benzene rings is 1. The molecule has 0 spiro atoms. The van der Waals surface area contributed by atoms with Crippen LogP contribution >= 0.6 is 11.3 Å². The fourth-order valence-corrected chi connectivity index (χ4v) is 2.40. The first-order chi connectivity index (χ1) is 8.70. The number of hydrogen-bond donors (Lipinski definition) is 1. The average molecular weight is 268 g/mol. The van der Waals surface area contributed by atoms with E-state index in [1.807, 2.05) is 0 Å². The molecule has 0 bridgehead atoms. The van der Waals surface area contributed by atoms with Gasteiger partial charge in [0.2, 0.25) is 0 Å². The van der Waals surface area contributed by atoms with Gasteiger partial charge in [0.25, 0.3) is 5.91 Å². The van der Waals surface area contributed by atoms with Crippen molar-refractivity contribution >= 4 is 27.5 Å². The van der Waals surface area contributed by atoms with Crippen molar-refractivity contribution in [3.63, 3.8) is 0 Å². The largest absolute Gasteiger partial charge is 0.385 e. The van der Waals surface area contributed by atoms with Gasteiger partial charge < -0.3 is 10.1 Å². The van der Waals surface area contributed by atoms with Crippen LogP contribution in [0.4, 0.5) is 4.39 Å². The molecule has 4 nitrogen and oxygen atoms in total. The van der Waals surface area contributed by atoms with E-state index in [9.17, 15) is 9.18 Å². The van der Waals surface area contributed by atoms with Gasteiger partial charge in [-0.1, -0.05) is 0 Å².